The lowest BCUT2D eigenvalue weighted by atomic mass is 10.0. The van der Waals surface area contributed by atoms with Gasteiger partial charge in [-0.1, -0.05) is 50.2 Å². The molecule has 3 aromatic carbocycles. The van der Waals surface area contributed by atoms with Crippen LogP contribution in [0.1, 0.15) is 36.5 Å². The highest BCUT2D eigenvalue weighted by molar-refractivity contribution is 8.18. The molecule has 0 saturated carbocycles. The van der Waals surface area contributed by atoms with E-state index < -0.39 is 17.1 Å². The molecule has 196 valence electrons. The van der Waals surface area contributed by atoms with Crippen LogP contribution in [-0.2, 0) is 16.2 Å². The normalized spacial score (nSPS) is 14.3. The molecule has 1 N–H and O–H groups in total. The average molecular weight is 535 g/mol. The van der Waals surface area contributed by atoms with Crippen LogP contribution in [0.5, 0.6) is 11.5 Å². The molecule has 0 radical (unpaired) electrons. The molecule has 0 spiro atoms. The summed E-state index contributed by atoms with van der Waals surface area (Å²) in [5.74, 6) is -0.231. The topological polar surface area (TPSA) is 84.9 Å². The fraction of sp³-hybridized carbons (Fsp3) is 0.207. The van der Waals surface area contributed by atoms with E-state index in [-0.39, 0.29) is 23.9 Å². The van der Waals surface area contributed by atoms with Crippen molar-refractivity contribution >= 4 is 40.6 Å². The van der Waals surface area contributed by atoms with Crippen LogP contribution in [0.3, 0.4) is 0 Å². The zero-order valence-corrected chi connectivity index (χ0v) is 22.0. The summed E-state index contributed by atoms with van der Waals surface area (Å²) in [6.45, 7) is 3.78. The van der Waals surface area contributed by atoms with Crippen molar-refractivity contribution < 1.29 is 28.2 Å². The molecule has 4 rings (SSSR count). The van der Waals surface area contributed by atoms with E-state index in [1.807, 2.05) is 12.1 Å². The molecule has 38 heavy (non-hydrogen) atoms. The summed E-state index contributed by atoms with van der Waals surface area (Å²) in [7, 11) is 1.47. The lowest BCUT2D eigenvalue weighted by molar-refractivity contribution is -0.127. The fourth-order valence-corrected chi connectivity index (χ4v) is 4.59. The van der Waals surface area contributed by atoms with Gasteiger partial charge >= 0.3 is 0 Å². The number of rotatable bonds is 9. The van der Waals surface area contributed by atoms with Gasteiger partial charge in [-0.3, -0.25) is 19.3 Å². The van der Waals surface area contributed by atoms with Crippen LogP contribution in [0.2, 0.25) is 0 Å². The van der Waals surface area contributed by atoms with E-state index in [9.17, 15) is 18.8 Å². The average Bonchev–Trinajstić information content (AvgIpc) is 3.16. The highest BCUT2D eigenvalue weighted by atomic mass is 32.2. The van der Waals surface area contributed by atoms with Crippen LogP contribution in [0.15, 0.2) is 71.6 Å². The predicted molar refractivity (Wildman–Crippen MR) is 146 cm³/mol. The molecule has 0 aromatic heterocycles. The number of benzene rings is 3. The quantitative estimate of drug-likeness (QED) is 0.329. The van der Waals surface area contributed by atoms with Gasteiger partial charge in [0.25, 0.3) is 11.1 Å². The number of carbonyl (C=O) groups excluding carboxylic acids is 3. The number of imide groups is 1. The molecule has 0 unspecified atom stereocenters. The molecule has 3 amide bonds. The van der Waals surface area contributed by atoms with E-state index in [0.717, 1.165) is 22.2 Å². The Morgan fingerprint density at radius 2 is 1.79 bits per heavy atom. The van der Waals surface area contributed by atoms with Gasteiger partial charge in [0.05, 0.1) is 12.0 Å². The third-order valence-corrected chi connectivity index (χ3v) is 6.77. The smallest absolute Gasteiger partial charge is 0.294 e. The summed E-state index contributed by atoms with van der Waals surface area (Å²) in [4.78, 5) is 39.0. The van der Waals surface area contributed by atoms with Crippen molar-refractivity contribution in [2.75, 3.05) is 19.0 Å². The van der Waals surface area contributed by atoms with Crippen molar-refractivity contribution in [2.24, 2.45) is 0 Å². The fourth-order valence-electron chi connectivity index (χ4n) is 3.75. The molecular formula is C29H27FN2O5S. The van der Waals surface area contributed by atoms with Crippen LogP contribution < -0.4 is 14.8 Å². The predicted octanol–water partition coefficient (Wildman–Crippen LogP) is 6.21. The Morgan fingerprint density at radius 3 is 2.47 bits per heavy atom. The first-order valence-corrected chi connectivity index (χ1v) is 12.8. The van der Waals surface area contributed by atoms with Gasteiger partial charge in [0.2, 0.25) is 5.91 Å². The number of nitrogens with one attached hydrogen (secondary N) is 1. The standard InChI is InChI=1S/C29H27FN2O5S/c1-18(2)20-9-11-22(12-10-20)31-27(33)16-32-28(34)26(38-29(32)35)15-19-8-13-24(25(14-19)36-3)37-17-21-6-4-5-7-23(21)30/h4-15,18H,16-17H2,1-3H3,(H,31,33)/b26-15+. The number of ether oxygens (including phenoxy) is 2. The first kappa shape index (κ1) is 26.9. The molecule has 3 aromatic rings. The van der Waals surface area contributed by atoms with E-state index in [2.05, 4.69) is 19.2 Å². The lowest BCUT2D eigenvalue weighted by Crippen LogP contribution is -2.36. The first-order chi connectivity index (χ1) is 18.2. The molecule has 1 heterocycles. The molecule has 7 nitrogen and oxygen atoms in total. The number of nitrogens with zero attached hydrogens (tertiary/aromatic N) is 1. The lowest BCUT2D eigenvalue weighted by Gasteiger charge is -2.13. The van der Waals surface area contributed by atoms with Crippen LogP contribution in [-0.4, -0.2) is 35.6 Å². The third kappa shape index (κ3) is 6.41. The van der Waals surface area contributed by atoms with Crippen molar-refractivity contribution in [3.63, 3.8) is 0 Å². The summed E-state index contributed by atoms with van der Waals surface area (Å²) >= 11 is 0.762. The zero-order valence-electron chi connectivity index (χ0n) is 21.2. The number of amides is 3. The Bertz CT molecular complexity index is 1390. The van der Waals surface area contributed by atoms with Gasteiger partial charge in [-0.25, -0.2) is 4.39 Å². The molecule has 1 aliphatic heterocycles. The van der Waals surface area contributed by atoms with Gasteiger partial charge in [-0.2, -0.15) is 0 Å². The largest absolute Gasteiger partial charge is 0.493 e. The summed E-state index contributed by atoms with van der Waals surface area (Å²) in [5, 5.41) is 2.20. The van der Waals surface area contributed by atoms with Crippen LogP contribution in [0, 0.1) is 5.82 Å². The number of carbonyl (C=O) groups is 3. The van der Waals surface area contributed by atoms with Crippen molar-refractivity contribution in [3.8, 4) is 11.5 Å². The molecule has 1 saturated heterocycles. The van der Waals surface area contributed by atoms with Gasteiger partial charge in [-0.15, -0.1) is 0 Å². The van der Waals surface area contributed by atoms with Crippen molar-refractivity contribution in [1.29, 1.82) is 0 Å². The molecular weight excluding hydrogens is 507 g/mol. The van der Waals surface area contributed by atoms with Crippen molar-refractivity contribution in [1.82, 2.24) is 4.90 Å². The molecule has 1 fully saturated rings. The summed E-state index contributed by atoms with van der Waals surface area (Å²) in [6.07, 6.45) is 1.55. The Morgan fingerprint density at radius 1 is 1.05 bits per heavy atom. The molecule has 1 aliphatic rings. The first-order valence-electron chi connectivity index (χ1n) is 11.9. The molecule has 0 bridgehead atoms. The van der Waals surface area contributed by atoms with E-state index >= 15 is 0 Å². The van der Waals surface area contributed by atoms with E-state index in [1.54, 1.807) is 54.6 Å². The Kier molecular flexibility index (Phi) is 8.48. The van der Waals surface area contributed by atoms with Gasteiger partial charge in [-0.05, 0) is 65.2 Å². The van der Waals surface area contributed by atoms with Crippen LogP contribution >= 0.6 is 11.8 Å². The van der Waals surface area contributed by atoms with Gasteiger partial charge in [0.1, 0.15) is 19.0 Å². The molecule has 0 aliphatic carbocycles. The number of hydrogen-bond acceptors (Lipinski definition) is 6. The Balaban J connectivity index is 1.41. The summed E-state index contributed by atoms with van der Waals surface area (Å²) in [6, 6.07) is 18.7. The number of halogens is 1. The van der Waals surface area contributed by atoms with Crippen molar-refractivity contribution in [2.45, 2.75) is 26.4 Å². The second-order valence-electron chi connectivity index (χ2n) is 8.88. The zero-order chi connectivity index (χ0) is 27.2. The summed E-state index contributed by atoms with van der Waals surface area (Å²) < 4.78 is 25.0. The SMILES string of the molecule is COc1cc(/C=C2/SC(=O)N(CC(=O)Nc3ccc(C(C)C)cc3)C2=O)ccc1OCc1ccccc1F. The van der Waals surface area contributed by atoms with Gasteiger partial charge < -0.3 is 14.8 Å². The second kappa shape index (κ2) is 12.0. The van der Waals surface area contributed by atoms with Gasteiger partial charge in [0, 0.05) is 11.3 Å². The van der Waals surface area contributed by atoms with E-state index in [4.69, 9.17) is 9.47 Å². The summed E-state index contributed by atoms with van der Waals surface area (Å²) in [5.41, 5.74) is 2.73. The van der Waals surface area contributed by atoms with Crippen LogP contribution in [0.4, 0.5) is 14.9 Å². The minimum atomic E-state index is -0.552. The van der Waals surface area contributed by atoms with Crippen molar-refractivity contribution in [3.05, 3.63) is 94.1 Å². The molecule has 0 atom stereocenters. The monoisotopic (exact) mass is 534 g/mol. The highest BCUT2D eigenvalue weighted by Gasteiger charge is 2.36. The van der Waals surface area contributed by atoms with E-state index in [1.165, 1.54) is 13.2 Å². The maximum absolute atomic E-state index is 13.9. The number of anilines is 1. The number of methoxy groups -OCH3 is 1. The number of thioether (sulfide) groups is 1. The Labute approximate surface area is 224 Å². The van der Waals surface area contributed by atoms with E-state index in [0.29, 0.717) is 34.2 Å². The van der Waals surface area contributed by atoms with Crippen LogP contribution in [0.25, 0.3) is 6.08 Å². The maximum Gasteiger partial charge on any atom is 0.294 e. The number of hydrogen-bond donors (Lipinski definition) is 1. The minimum Gasteiger partial charge on any atom is -0.493 e. The minimum absolute atomic E-state index is 0.0191. The highest BCUT2D eigenvalue weighted by Crippen LogP contribution is 2.35. The maximum atomic E-state index is 13.9. The van der Waals surface area contributed by atoms with Gasteiger partial charge in [0.15, 0.2) is 11.5 Å². The molecule has 9 heteroatoms. The second-order valence-corrected chi connectivity index (χ2v) is 9.88. The Hall–Kier alpha value is -4.11. The third-order valence-electron chi connectivity index (χ3n) is 5.86.